The van der Waals surface area contributed by atoms with Gasteiger partial charge in [0.15, 0.2) is 0 Å². The Bertz CT molecular complexity index is 1140. The van der Waals surface area contributed by atoms with E-state index >= 15 is 0 Å². The molecule has 0 aliphatic heterocycles. The lowest BCUT2D eigenvalue weighted by Crippen LogP contribution is -1.95. The van der Waals surface area contributed by atoms with Gasteiger partial charge in [0.1, 0.15) is 0 Å². The van der Waals surface area contributed by atoms with Gasteiger partial charge in [-0.3, -0.25) is 4.98 Å². The fraction of sp³-hybridized carbons (Fsp3) is 0. The number of benzene rings is 4. The summed E-state index contributed by atoms with van der Waals surface area (Å²) in [6.45, 7) is 0. The van der Waals surface area contributed by atoms with E-state index in [1.165, 1.54) is 33.4 Å². The van der Waals surface area contributed by atoms with Crippen LogP contribution in [0.4, 0.5) is 0 Å². The van der Waals surface area contributed by atoms with Crippen LogP contribution in [0, 0.1) is 0 Å². The van der Waals surface area contributed by atoms with Crippen molar-refractivity contribution in [2.75, 3.05) is 0 Å². The van der Waals surface area contributed by atoms with Crippen molar-refractivity contribution in [1.82, 2.24) is 4.98 Å². The van der Waals surface area contributed by atoms with Crippen molar-refractivity contribution in [3.05, 3.63) is 128 Å². The van der Waals surface area contributed by atoms with Crippen LogP contribution in [0.5, 0.6) is 0 Å². The van der Waals surface area contributed by atoms with Crippen LogP contribution in [0.25, 0.3) is 44.6 Å². The second-order valence-electron chi connectivity index (χ2n) is 7.22. The molecule has 0 aliphatic carbocycles. The van der Waals surface area contributed by atoms with Gasteiger partial charge in [-0.25, -0.2) is 0 Å². The van der Waals surface area contributed by atoms with E-state index < -0.39 is 0 Å². The molecule has 1 heteroatoms. The van der Waals surface area contributed by atoms with Crippen LogP contribution in [0.15, 0.2) is 128 Å². The molecule has 0 saturated carbocycles. The fourth-order valence-corrected chi connectivity index (χ4v) is 4.01. The average molecular weight is 383 g/mol. The zero-order valence-corrected chi connectivity index (χ0v) is 16.6. The third-order valence-corrected chi connectivity index (χ3v) is 5.36. The van der Waals surface area contributed by atoms with Crippen molar-refractivity contribution in [1.29, 1.82) is 0 Å². The van der Waals surface area contributed by atoms with E-state index in [1.54, 1.807) is 0 Å². The third kappa shape index (κ3) is 3.42. The Labute approximate surface area is 177 Å². The minimum absolute atomic E-state index is 0.980. The molecule has 0 radical (unpaired) electrons. The lowest BCUT2D eigenvalue weighted by Gasteiger charge is -2.20. The first kappa shape index (κ1) is 18.1. The van der Waals surface area contributed by atoms with Gasteiger partial charge < -0.3 is 0 Å². The molecule has 0 spiro atoms. The quantitative estimate of drug-likeness (QED) is 0.309. The number of rotatable bonds is 4. The monoisotopic (exact) mass is 383 g/mol. The topological polar surface area (TPSA) is 12.9 Å². The van der Waals surface area contributed by atoms with Crippen LogP contribution in [-0.2, 0) is 0 Å². The molecule has 1 heterocycles. The number of pyridine rings is 1. The Balaban J connectivity index is 1.91. The molecular weight excluding hydrogens is 362 g/mol. The van der Waals surface area contributed by atoms with Crippen molar-refractivity contribution in [3.63, 3.8) is 0 Å². The highest BCUT2D eigenvalue weighted by Crippen LogP contribution is 2.44. The summed E-state index contributed by atoms with van der Waals surface area (Å²) in [5, 5.41) is 0. The van der Waals surface area contributed by atoms with Crippen molar-refractivity contribution in [3.8, 4) is 44.6 Å². The lowest BCUT2D eigenvalue weighted by atomic mass is 9.84. The second-order valence-corrected chi connectivity index (χ2v) is 7.22. The number of aromatic nitrogens is 1. The molecular formula is C29H21N. The Kier molecular flexibility index (Phi) is 4.93. The van der Waals surface area contributed by atoms with Gasteiger partial charge in [-0.15, -0.1) is 0 Å². The SMILES string of the molecule is c1ccc(-c2ccc(-c3ccccn3)c(-c3ccccc3)c2-c2ccccc2)cc1. The molecule has 0 saturated heterocycles. The van der Waals surface area contributed by atoms with Gasteiger partial charge in [-0.05, 0) is 45.5 Å². The van der Waals surface area contributed by atoms with Crippen LogP contribution in [0.3, 0.4) is 0 Å². The molecule has 0 atom stereocenters. The number of hydrogen-bond donors (Lipinski definition) is 0. The zero-order chi connectivity index (χ0) is 20.2. The maximum Gasteiger partial charge on any atom is 0.0708 e. The van der Waals surface area contributed by atoms with E-state index in [0.29, 0.717) is 0 Å². The number of hydrogen-bond acceptors (Lipinski definition) is 1. The molecule has 0 aliphatic rings. The Morgan fingerprint density at radius 2 is 0.833 bits per heavy atom. The second kappa shape index (κ2) is 8.18. The summed E-state index contributed by atoms with van der Waals surface area (Å²) in [6.07, 6.45) is 1.86. The minimum atomic E-state index is 0.980. The summed E-state index contributed by atoms with van der Waals surface area (Å²) in [5.74, 6) is 0. The molecule has 142 valence electrons. The molecule has 0 amide bonds. The maximum atomic E-state index is 4.67. The smallest absolute Gasteiger partial charge is 0.0708 e. The molecule has 5 rings (SSSR count). The largest absolute Gasteiger partial charge is 0.256 e. The van der Waals surface area contributed by atoms with Gasteiger partial charge in [0, 0.05) is 11.8 Å². The summed E-state index contributed by atoms with van der Waals surface area (Å²) in [7, 11) is 0. The molecule has 4 aromatic carbocycles. The van der Waals surface area contributed by atoms with Gasteiger partial charge in [-0.2, -0.15) is 0 Å². The molecule has 1 nitrogen and oxygen atoms in total. The van der Waals surface area contributed by atoms with E-state index in [1.807, 2.05) is 18.3 Å². The van der Waals surface area contributed by atoms with Crippen LogP contribution in [-0.4, -0.2) is 4.98 Å². The van der Waals surface area contributed by atoms with Gasteiger partial charge in [0.05, 0.1) is 5.69 Å². The van der Waals surface area contributed by atoms with E-state index in [0.717, 1.165) is 11.3 Å². The lowest BCUT2D eigenvalue weighted by molar-refractivity contribution is 1.33. The highest BCUT2D eigenvalue weighted by Gasteiger charge is 2.19. The first-order valence-corrected chi connectivity index (χ1v) is 10.2. The molecule has 5 aromatic rings. The molecule has 30 heavy (non-hydrogen) atoms. The predicted molar refractivity (Wildman–Crippen MR) is 126 cm³/mol. The predicted octanol–water partition coefficient (Wildman–Crippen LogP) is 7.75. The van der Waals surface area contributed by atoms with Crippen molar-refractivity contribution < 1.29 is 0 Å². The Morgan fingerprint density at radius 3 is 1.37 bits per heavy atom. The van der Waals surface area contributed by atoms with E-state index in [2.05, 4.69) is 114 Å². The summed E-state index contributed by atoms with van der Waals surface area (Å²) in [6, 6.07) is 42.4. The Hall–Kier alpha value is -3.97. The van der Waals surface area contributed by atoms with Gasteiger partial charge >= 0.3 is 0 Å². The van der Waals surface area contributed by atoms with Crippen LogP contribution in [0.1, 0.15) is 0 Å². The average Bonchev–Trinajstić information content (AvgIpc) is 2.85. The van der Waals surface area contributed by atoms with Crippen LogP contribution < -0.4 is 0 Å². The van der Waals surface area contributed by atoms with Gasteiger partial charge in [-0.1, -0.05) is 109 Å². The summed E-state index contributed by atoms with van der Waals surface area (Å²) >= 11 is 0. The van der Waals surface area contributed by atoms with Crippen molar-refractivity contribution in [2.24, 2.45) is 0 Å². The standard InChI is InChI=1S/C29H21N/c1-4-12-22(13-5-1)25-19-20-26(27-18-10-11-21-30-27)29(24-16-8-3-9-17-24)28(25)23-14-6-2-7-15-23/h1-21H. The molecule has 0 fully saturated rings. The fourth-order valence-electron chi connectivity index (χ4n) is 4.01. The molecule has 1 aromatic heterocycles. The van der Waals surface area contributed by atoms with Crippen molar-refractivity contribution >= 4 is 0 Å². The minimum Gasteiger partial charge on any atom is -0.256 e. The zero-order valence-electron chi connectivity index (χ0n) is 16.6. The summed E-state index contributed by atoms with van der Waals surface area (Å²) in [5.41, 5.74) is 9.38. The van der Waals surface area contributed by atoms with E-state index in [4.69, 9.17) is 0 Å². The first-order valence-electron chi connectivity index (χ1n) is 10.2. The molecule has 0 N–H and O–H groups in total. The number of nitrogens with zero attached hydrogens (tertiary/aromatic N) is 1. The van der Waals surface area contributed by atoms with E-state index in [9.17, 15) is 0 Å². The molecule has 0 unspecified atom stereocenters. The summed E-state index contributed by atoms with van der Waals surface area (Å²) < 4.78 is 0. The van der Waals surface area contributed by atoms with Gasteiger partial charge in [0.25, 0.3) is 0 Å². The maximum absolute atomic E-state index is 4.67. The Morgan fingerprint density at radius 1 is 0.367 bits per heavy atom. The van der Waals surface area contributed by atoms with Crippen LogP contribution >= 0.6 is 0 Å². The van der Waals surface area contributed by atoms with E-state index in [-0.39, 0.29) is 0 Å². The normalized spacial score (nSPS) is 10.7. The van der Waals surface area contributed by atoms with Crippen LogP contribution in [0.2, 0.25) is 0 Å². The first-order chi connectivity index (χ1) is 14.9. The highest BCUT2D eigenvalue weighted by atomic mass is 14.7. The highest BCUT2D eigenvalue weighted by molar-refractivity contribution is 6.01. The summed E-state index contributed by atoms with van der Waals surface area (Å²) in [4.78, 5) is 4.67. The molecule has 0 bridgehead atoms. The van der Waals surface area contributed by atoms with Crippen molar-refractivity contribution in [2.45, 2.75) is 0 Å². The van der Waals surface area contributed by atoms with Gasteiger partial charge in [0.2, 0.25) is 0 Å². The third-order valence-electron chi connectivity index (χ3n) is 5.36.